The zero-order valence-corrected chi connectivity index (χ0v) is 33.8. The summed E-state index contributed by atoms with van der Waals surface area (Å²) >= 11 is 0. The number of hydrogen-bond acceptors (Lipinski definition) is 1. The van der Waals surface area contributed by atoms with Crippen molar-refractivity contribution in [3.8, 4) is 11.1 Å². The van der Waals surface area contributed by atoms with E-state index in [1.54, 1.807) is 11.1 Å². The fourth-order valence-electron chi connectivity index (χ4n) is 15.9. The average Bonchev–Trinajstić information content (AvgIpc) is 3.54. The largest absolute Gasteiger partial charge is 0.310 e. The summed E-state index contributed by atoms with van der Waals surface area (Å²) in [6.07, 6.45) is 17.3. The third kappa shape index (κ3) is 4.95. The molecule has 6 aromatic rings. The maximum Gasteiger partial charge on any atom is 0.0714 e. The van der Waals surface area contributed by atoms with Crippen LogP contribution < -0.4 is 4.90 Å². The van der Waals surface area contributed by atoms with Gasteiger partial charge in [0.1, 0.15) is 0 Å². The minimum atomic E-state index is -0.430. The number of anilines is 3. The Morgan fingerprint density at radius 2 is 0.707 bits per heavy atom. The Labute approximate surface area is 345 Å². The van der Waals surface area contributed by atoms with E-state index in [0.717, 1.165) is 35.5 Å². The lowest BCUT2D eigenvalue weighted by Crippen LogP contribution is -2.48. The molecular formula is C57H55N. The first-order valence-corrected chi connectivity index (χ1v) is 22.9. The highest BCUT2D eigenvalue weighted by Gasteiger charge is 2.53. The Kier molecular flexibility index (Phi) is 7.37. The summed E-state index contributed by atoms with van der Waals surface area (Å²) in [4.78, 5) is 2.58. The lowest BCUT2D eigenvalue weighted by molar-refractivity contribution is -0.00529. The Bertz CT molecular complexity index is 2310. The van der Waals surface area contributed by atoms with Crippen molar-refractivity contribution in [2.24, 2.45) is 35.5 Å². The van der Waals surface area contributed by atoms with Gasteiger partial charge in [-0.2, -0.15) is 0 Å². The van der Waals surface area contributed by atoms with Crippen LogP contribution in [0.15, 0.2) is 152 Å². The molecule has 6 aromatic carbocycles. The predicted octanol–water partition coefficient (Wildman–Crippen LogP) is 14.5. The average molecular weight is 754 g/mol. The monoisotopic (exact) mass is 753 g/mol. The molecule has 58 heavy (non-hydrogen) atoms. The van der Waals surface area contributed by atoms with Gasteiger partial charge in [0.25, 0.3) is 0 Å². The highest BCUT2D eigenvalue weighted by molar-refractivity contribution is 5.89. The van der Waals surface area contributed by atoms with Crippen LogP contribution >= 0.6 is 0 Å². The van der Waals surface area contributed by atoms with Gasteiger partial charge in [-0.3, -0.25) is 0 Å². The molecule has 1 heteroatoms. The van der Waals surface area contributed by atoms with Crippen molar-refractivity contribution in [2.75, 3.05) is 4.90 Å². The molecule has 0 amide bonds. The van der Waals surface area contributed by atoms with Gasteiger partial charge in [0.05, 0.1) is 5.41 Å². The number of fused-ring (bicyclic) bond motifs is 3. The maximum atomic E-state index is 2.58. The minimum absolute atomic E-state index is 0.391. The quantitative estimate of drug-likeness (QED) is 0.157. The van der Waals surface area contributed by atoms with Gasteiger partial charge in [-0.05, 0) is 204 Å². The van der Waals surface area contributed by atoms with Crippen molar-refractivity contribution in [3.63, 3.8) is 0 Å². The molecule has 0 unspecified atom stereocenters. The number of rotatable bonds is 7. The van der Waals surface area contributed by atoms with Gasteiger partial charge in [-0.1, -0.05) is 115 Å². The molecule has 288 valence electrons. The molecule has 0 atom stereocenters. The summed E-state index contributed by atoms with van der Waals surface area (Å²) in [5, 5.41) is 0. The van der Waals surface area contributed by atoms with Gasteiger partial charge < -0.3 is 4.90 Å². The van der Waals surface area contributed by atoms with Crippen molar-refractivity contribution in [1.82, 2.24) is 0 Å². The van der Waals surface area contributed by atoms with E-state index >= 15 is 0 Å². The van der Waals surface area contributed by atoms with E-state index < -0.39 is 5.41 Å². The topological polar surface area (TPSA) is 3.24 Å². The molecule has 8 fully saturated rings. The van der Waals surface area contributed by atoms with Gasteiger partial charge in [0.15, 0.2) is 0 Å². The molecule has 8 bridgehead atoms. The first kappa shape index (κ1) is 34.0. The number of hydrogen-bond donors (Lipinski definition) is 0. The summed E-state index contributed by atoms with van der Waals surface area (Å²) in [6.45, 7) is 0. The van der Waals surface area contributed by atoms with Crippen LogP contribution in [0.4, 0.5) is 17.1 Å². The van der Waals surface area contributed by atoms with E-state index in [2.05, 4.69) is 157 Å². The molecule has 0 N–H and O–H groups in total. The standard InChI is InChI=1S/C57H55N/c1-3-9-46(10-4-1)57(47-11-5-2-6-12-47)53-14-8-7-13-51(53)52-24-23-50(31-54(52)57)58(48-19-15-44(16-20-48)55-32-38-25-39(33-55)27-40(26-38)34-55)49-21-17-45(18-22-49)56-35-41-28-42(36-56)30-43(29-41)37-56/h1-24,31,38-43H,25-30,32-37H2. The van der Waals surface area contributed by atoms with E-state index in [1.807, 2.05) is 0 Å². The lowest BCUT2D eigenvalue weighted by Gasteiger charge is -2.57. The fraction of sp³-hybridized carbons (Fsp3) is 0.368. The maximum absolute atomic E-state index is 2.58. The van der Waals surface area contributed by atoms with Crippen LogP contribution in [-0.4, -0.2) is 0 Å². The Hall–Kier alpha value is -4.88. The van der Waals surface area contributed by atoms with Crippen LogP contribution in [0.25, 0.3) is 11.1 Å². The molecular weight excluding hydrogens is 699 g/mol. The van der Waals surface area contributed by atoms with Crippen LogP contribution in [0.1, 0.15) is 110 Å². The highest BCUT2D eigenvalue weighted by Crippen LogP contribution is 2.63. The molecule has 9 aliphatic carbocycles. The van der Waals surface area contributed by atoms with E-state index in [4.69, 9.17) is 0 Å². The molecule has 15 rings (SSSR count). The van der Waals surface area contributed by atoms with Crippen molar-refractivity contribution < 1.29 is 0 Å². The van der Waals surface area contributed by atoms with Crippen molar-refractivity contribution >= 4 is 17.1 Å². The lowest BCUT2D eigenvalue weighted by atomic mass is 9.48. The van der Waals surface area contributed by atoms with Crippen LogP contribution in [0, 0.1) is 35.5 Å². The second-order valence-corrected chi connectivity index (χ2v) is 20.6. The fourth-order valence-corrected chi connectivity index (χ4v) is 15.9. The van der Waals surface area contributed by atoms with E-state index in [1.165, 1.54) is 127 Å². The van der Waals surface area contributed by atoms with Crippen LogP contribution in [0.3, 0.4) is 0 Å². The molecule has 8 saturated carbocycles. The van der Waals surface area contributed by atoms with Crippen molar-refractivity contribution in [1.29, 1.82) is 0 Å². The van der Waals surface area contributed by atoms with Gasteiger partial charge in [-0.15, -0.1) is 0 Å². The van der Waals surface area contributed by atoms with Gasteiger partial charge in [0, 0.05) is 17.1 Å². The molecule has 0 spiro atoms. The first-order chi connectivity index (χ1) is 28.6. The zero-order valence-electron chi connectivity index (χ0n) is 33.8. The second kappa shape index (κ2) is 12.6. The molecule has 0 aliphatic heterocycles. The summed E-state index contributed by atoms with van der Waals surface area (Å²) in [5.41, 5.74) is 15.3. The van der Waals surface area contributed by atoms with Gasteiger partial charge in [0.2, 0.25) is 0 Å². The third-order valence-corrected chi connectivity index (χ3v) is 17.3. The third-order valence-electron chi connectivity index (χ3n) is 17.3. The van der Waals surface area contributed by atoms with Crippen molar-refractivity contribution in [3.05, 3.63) is 185 Å². The summed E-state index contributed by atoms with van der Waals surface area (Å²) < 4.78 is 0. The van der Waals surface area contributed by atoms with E-state index in [9.17, 15) is 0 Å². The smallest absolute Gasteiger partial charge is 0.0714 e. The highest BCUT2D eigenvalue weighted by atomic mass is 15.1. The molecule has 0 aromatic heterocycles. The summed E-state index contributed by atoms with van der Waals surface area (Å²) in [7, 11) is 0. The number of nitrogens with zero attached hydrogens (tertiary/aromatic N) is 1. The van der Waals surface area contributed by atoms with Crippen LogP contribution in [0.2, 0.25) is 0 Å². The Balaban J connectivity index is 0.966. The SMILES string of the molecule is c1ccc(C2(c3ccccc3)c3ccccc3-c3ccc(N(c4ccc(C56CC7CC(CC(C7)C5)C6)cc4)c4ccc(C56CC7CC(CC(C7)C5)C6)cc4)cc32)cc1. The molecule has 9 aliphatic rings. The van der Waals surface area contributed by atoms with Gasteiger partial charge >= 0.3 is 0 Å². The Morgan fingerprint density at radius 1 is 0.328 bits per heavy atom. The van der Waals surface area contributed by atoms with E-state index in [-0.39, 0.29) is 0 Å². The zero-order chi connectivity index (χ0) is 38.1. The molecule has 0 heterocycles. The van der Waals surface area contributed by atoms with E-state index in [0.29, 0.717) is 10.8 Å². The number of benzene rings is 6. The first-order valence-electron chi connectivity index (χ1n) is 22.9. The Morgan fingerprint density at radius 3 is 1.16 bits per heavy atom. The summed E-state index contributed by atoms with van der Waals surface area (Å²) in [6, 6.07) is 59.2. The minimum Gasteiger partial charge on any atom is -0.310 e. The second-order valence-electron chi connectivity index (χ2n) is 20.6. The predicted molar refractivity (Wildman–Crippen MR) is 238 cm³/mol. The molecule has 1 nitrogen and oxygen atoms in total. The van der Waals surface area contributed by atoms with Gasteiger partial charge in [-0.25, -0.2) is 0 Å². The molecule has 0 saturated heterocycles. The van der Waals surface area contributed by atoms with Crippen molar-refractivity contribution in [2.45, 2.75) is 93.3 Å². The normalized spacial score (nSPS) is 31.6. The van der Waals surface area contributed by atoms with Crippen LogP contribution in [-0.2, 0) is 16.2 Å². The molecule has 0 radical (unpaired) electrons. The van der Waals surface area contributed by atoms with Crippen LogP contribution in [0.5, 0.6) is 0 Å². The summed E-state index contributed by atoms with van der Waals surface area (Å²) in [5.74, 6) is 5.67.